The standard InChI is InChI=1S/C13H14N2O2S/c1-2-17-13(16)9-5-3-4-6-11(9)15-12-8-18-7-10(12)14/h3-8,15H,2,14H2,1H3. The Balaban J connectivity index is 2.28. The summed E-state index contributed by atoms with van der Waals surface area (Å²) in [6.07, 6.45) is 0. The smallest absolute Gasteiger partial charge is 0.340 e. The molecule has 1 aromatic carbocycles. The minimum Gasteiger partial charge on any atom is -0.462 e. The number of carbonyl (C=O) groups is 1. The molecule has 0 unspecified atom stereocenters. The van der Waals surface area contributed by atoms with Gasteiger partial charge in [0.05, 0.1) is 29.2 Å². The molecule has 0 atom stereocenters. The normalized spacial score (nSPS) is 10.1. The summed E-state index contributed by atoms with van der Waals surface area (Å²) in [5, 5.41) is 6.89. The Bertz CT molecular complexity index is 551. The molecule has 0 bridgehead atoms. The summed E-state index contributed by atoms with van der Waals surface area (Å²) < 4.78 is 5.01. The molecule has 0 spiro atoms. The summed E-state index contributed by atoms with van der Waals surface area (Å²) in [6.45, 7) is 2.14. The van der Waals surface area contributed by atoms with E-state index in [2.05, 4.69) is 5.32 Å². The maximum atomic E-state index is 11.8. The zero-order valence-electron chi connectivity index (χ0n) is 9.97. The van der Waals surface area contributed by atoms with Crippen LogP contribution in [-0.2, 0) is 4.74 Å². The van der Waals surface area contributed by atoms with Crippen molar-refractivity contribution in [2.24, 2.45) is 0 Å². The van der Waals surface area contributed by atoms with Crippen molar-refractivity contribution in [1.82, 2.24) is 0 Å². The first kappa shape index (κ1) is 12.4. The molecule has 2 aromatic rings. The van der Waals surface area contributed by atoms with Gasteiger partial charge in [-0.25, -0.2) is 4.79 Å². The summed E-state index contributed by atoms with van der Waals surface area (Å²) in [5.41, 5.74) is 8.47. The molecule has 0 fully saturated rings. The third-order valence-corrected chi connectivity index (χ3v) is 3.15. The summed E-state index contributed by atoms with van der Waals surface area (Å²) in [7, 11) is 0. The van der Waals surface area contributed by atoms with Gasteiger partial charge in [0, 0.05) is 10.8 Å². The Morgan fingerprint density at radius 3 is 2.78 bits per heavy atom. The van der Waals surface area contributed by atoms with Gasteiger partial charge in [0.1, 0.15) is 0 Å². The molecular weight excluding hydrogens is 248 g/mol. The lowest BCUT2D eigenvalue weighted by molar-refractivity contribution is 0.0527. The number of carbonyl (C=O) groups excluding carboxylic acids is 1. The fourth-order valence-corrected chi connectivity index (χ4v) is 2.21. The first-order valence-electron chi connectivity index (χ1n) is 5.57. The number of thiophene rings is 1. The van der Waals surface area contributed by atoms with E-state index in [0.29, 0.717) is 23.5 Å². The quantitative estimate of drug-likeness (QED) is 0.830. The SMILES string of the molecule is CCOC(=O)c1ccccc1Nc1cscc1N. The fraction of sp³-hybridized carbons (Fsp3) is 0.154. The highest BCUT2D eigenvalue weighted by atomic mass is 32.1. The van der Waals surface area contributed by atoms with Gasteiger partial charge in [0.2, 0.25) is 0 Å². The topological polar surface area (TPSA) is 64.3 Å². The number of hydrogen-bond donors (Lipinski definition) is 2. The number of rotatable bonds is 4. The minimum absolute atomic E-state index is 0.339. The second kappa shape index (κ2) is 5.55. The Morgan fingerprint density at radius 2 is 2.11 bits per heavy atom. The molecule has 0 aliphatic carbocycles. The molecule has 94 valence electrons. The van der Waals surface area contributed by atoms with E-state index < -0.39 is 0 Å². The van der Waals surface area contributed by atoms with Crippen molar-refractivity contribution >= 4 is 34.4 Å². The van der Waals surface area contributed by atoms with Gasteiger partial charge in [-0.15, -0.1) is 11.3 Å². The molecule has 0 radical (unpaired) electrons. The zero-order chi connectivity index (χ0) is 13.0. The van der Waals surface area contributed by atoms with Crippen LogP contribution in [0.25, 0.3) is 0 Å². The number of ether oxygens (including phenoxy) is 1. The Hall–Kier alpha value is -2.01. The van der Waals surface area contributed by atoms with Crippen molar-refractivity contribution in [2.75, 3.05) is 17.7 Å². The first-order valence-corrected chi connectivity index (χ1v) is 6.51. The van der Waals surface area contributed by atoms with Crippen LogP contribution in [0.5, 0.6) is 0 Å². The van der Waals surface area contributed by atoms with Crippen molar-refractivity contribution in [1.29, 1.82) is 0 Å². The highest BCUT2D eigenvalue weighted by molar-refractivity contribution is 7.08. The number of para-hydroxylation sites is 1. The van der Waals surface area contributed by atoms with Crippen molar-refractivity contribution in [3.8, 4) is 0 Å². The lowest BCUT2D eigenvalue weighted by Crippen LogP contribution is -2.07. The number of esters is 1. The fourth-order valence-electron chi connectivity index (χ4n) is 1.53. The molecule has 4 nitrogen and oxygen atoms in total. The van der Waals surface area contributed by atoms with Crippen LogP contribution in [-0.4, -0.2) is 12.6 Å². The number of anilines is 3. The zero-order valence-corrected chi connectivity index (χ0v) is 10.8. The number of nitrogens with two attached hydrogens (primary N) is 1. The van der Waals surface area contributed by atoms with Crippen molar-refractivity contribution in [2.45, 2.75) is 6.92 Å². The molecule has 1 heterocycles. The van der Waals surface area contributed by atoms with Gasteiger partial charge in [0.15, 0.2) is 0 Å². The van der Waals surface area contributed by atoms with E-state index in [1.165, 1.54) is 11.3 Å². The van der Waals surface area contributed by atoms with Gasteiger partial charge in [-0.05, 0) is 19.1 Å². The van der Waals surface area contributed by atoms with Crippen LogP contribution in [0.3, 0.4) is 0 Å². The molecule has 0 saturated carbocycles. The van der Waals surface area contributed by atoms with Gasteiger partial charge >= 0.3 is 5.97 Å². The number of nitrogen functional groups attached to an aromatic ring is 1. The van der Waals surface area contributed by atoms with Crippen molar-refractivity contribution in [3.05, 3.63) is 40.6 Å². The van der Waals surface area contributed by atoms with Gasteiger partial charge in [0.25, 0.3) is 0 Å². The van der Waals surface area contributed by atoms with Crippen LogP contribution in [0.1, 0.15) is 17.3 Å². The highest BCUT2D eigenvalue weighted by Gasteiger charge is 2.12. The lowest BCUT2D eigenvalue weighted by atomic mass is 10.1. The van der Waals surface area contributed by atoms with Crippen LogP contribution in [0.15, 0.2) is 35.0 Å². The second-order valence-electron chi connectivity index (χ2n) is 3.63. The average molecular weight is 262 g/mol. The monoisotopic (exact) mass is 262 g/mol. The van der Waals surface area contributed by atoms with Crippen LogP contribution < -0.4 is 11.1 Å². The first-order chi connectivity index (χ1) is 8.72. The Labute approximate surface area is 109 Å². The van der Waals surface area contributed by atoms with Gasteiger partial charge in [-0.1, -0.05) is 12.1 Å². The van der Waals surface area contributed by atoms with E-state index in [0.717, 1.165) is 5.69 Å². The van der Waals surface area contributed by atoms with Crippen LogP contribution in [0, 0.1) is 0 Å². The van der Waals surface area contributed by atoms with Crippen LogP contribution in [0.2, 0.25) is 0 Å². The largest absolute Gasteiger partial charge is 0.462 e. The van der Waals surface area contributed by atoms with E-state index in [9.17, 15) is 4.79 Å². The van der Waals surface area contributed by atoms with E-state index >= 15 is 0 Å². The molecule has 2 rings (SSSR count). The summed E-state index contributed by atoms with van der Waals surface area (Å²) in [6, 6.07) is 7.20. The molecule has 1 aromatic heterocycles. The maximum absolute atomic E-state index is 11.8. The predicted molar refractivity (Wildman–Crippen MR) is 74.4 cm³/mol. The van der Waals surface area contributed by atoms with E-state index in [1.807, 2.05) is 22.9 Å². The average Bonchev–Trinajstić information content (AvgIpc) is 2.76. The van der Waals surface area contributed by atoms with Crippen LogP contribution >= 0.6 is 11.3 Å². The third kappa shape index (κ3) is 2.62. The molecule has 0 aliphatic heterocycles. The number of nitrogens with one attached hydrogen (secondary N) is 1. The van der Waals surface area contributed by atoms with E-state index in [-0.39, 0.29) is 5.97 Å². The molecule has 5 heteroatoms. The van der Waals surface area contributed by atoms with E-state index in [1.54, 1.807) is 19.1 Å². The number of benzene rings is 1. The van der Waals surface area contributed by atoms with Crippen molar-refractivity contribution < 1.29 is 9.53 Å². The Kier molecular flexibility index (Phi) is 3.84. The molecule has 18 heavy (non-hydrogen) atoms. The molecule has 3 N–H and O–H groups in total. The molecular formula is C13H14N2O2S. The van der Waals surface area contributed by atoms with E-state index in [4.69, 9.17) is 10.5 Å². The molecule has 0 saturated heterocycles. The molecule has 0 amide bonds. The Morgan fingerprint density at radius 1 is 1.33 bits per heavy atom. The van der Waals surface area contributed by atoms with Gasteiger partial charge < -0.3 is 15.8 Å². The second-order valence-corrected chi connectivity index (χ2v) is 4.38. The summed E-state index contributed by atoms with van der Waals surface area (Å²) in [4.78, 5) is 11.8. The summed E-state index contributed by atoms with van der Waals surface area (Å²) >= 11 is 1.51. The van der Waals surface area contributed by atoms with Gasteiger partial charge in [-0.3, -0.25) is 0 Å². The highest BCUT2D eigenvalue weighted by Crippen LogP contribution is 2.28. The summed E-state index contributed by atoms with van der Waals surface area (Å²) in [5.74, 6) is -0.339. The predicted octanol–water partition coefficient (Wildman–Crippen LogP) is 3.25. The minimum atomic E-state index is -0.339. The van der Waals surface area contributed by atoms with Crippen LogP contribution in [0.4, 0.5) is 17.1 Å². The number of hydrogen-bond acceptors (Lipinski definition) is 5. The maximum Gasteiger partial charge on any atom is 0.340 e. The third-order valence-electron chi connectivity index (χ3n) is 2.38. The van der Waals surface area contributed by atoms with Crippen molar-refractivity contribution in [3.63, 3.8) is 0 Å². The lowest BCUT2D eigenvalue weighted by Gasteiger charge is -2.10. The van der Waals surface area contributed by atoms with Gasteiger partial charge in [-0.2, -0.15) is 0 Å². The molecule has 0 aliphatic rings.